The van der Waals surface area contributed by atoms with E-state index in [0.717, 1.165) is 12.3 Å². The molecule has 72 valence electrons. The van der Waals surface area contributed by atoms with E-state index in [1.807, 2.05) is 6.92 Å². The second-order valence-corrected chi connectivity index (χ2v) is 3.30. The molecule has 12 heavy (non-hydrogen) atoms. The molecule has 1 rings (SSSR count). The number of likely N-dealkylation sites (tertiary alicyclic amines) is 1. The molecule has 0 N–H and O–H groups in total. The minimum atomic E-state index is 0. The van der Waals surface area contributed by atoms with E-state index < -0.39 is 0 Å². The molecule has 0 atom stereocenters. The number of rotatable bonds is 0. The summed E-state index contributed by atoms with van der Waals surface area (Å²) in [5.74, 6) is 0.938. The van der Waals surface area contributed by atoms with E-state index in [9.17, 15) is 0 Å². The Labute approximate surface area is 92.2 Å². The molecule has 0 amide bonds. The number of hydrogen-bond donors (Lipinski definition) is 0. The van der Waals surface area contributed by atoms with Gasteiger partial charge in [0, 0.05) is 0 Å². The summed E-state index contributed by atoms with van der Waals surface area (Å²) in [6.07, 6.45) is 3.67. The Hall–Kier alpha value is 0.648. The summed E-state index contributed by atoms with van der Waals surface area (Å²) in [7, 11) is 3.87. The van der Waals surface area contributed by atoms with Crippen molar-refractivity contribution in [3.05, 3.63) is 14.0 Å². The normalized spacial score (nSPS) is 19.0. The van der Waals surface area contributed by atoms with Crippen molar-refractivity contribution in [3.63, 3.8) is 0 Å². The van der Waals surface area contributed by atoms with E-state index in [1.54, 1.807) is 0 Å². The van der Waals surface area contributed by atoms with Crippen molar-refractivity contribution in [1.29, 1.82) is 0 Å². The van der Waals surface area contributed by atoms with Crippen LogP contribution in [-0.2, 0) is 21.1 Å². The summed E-state index contributed by atoms with van der Waals surface area (Å²) in [6, 6.07) is 0. The Kier molecular flexibility index (Phi) is 12.3. The largest absolute Gasteiger partial charge is 2.00 e. The van der Waals surface area contributed by atoms with Crippen LogP contribution in [0.3, 0.4) is 0 Å². The predicted molar refractivity (Wildman–Crippen MR) is 51.0 cm³/mol. The molecule has 1 nitrogen and oxygen atoms in total. The summed E-state index contributed by atoms with van der Waals surface area (Å²) in [4.78, 5) is 2.15. The average Bonchev–Trinajstić information content (AvgIpc) is 1.97. The van der Waals surface area contributed by atoms with Gasteiger partial charge < -0.3 is 11.8 Å². The quantitative estimate of drug-likeness (QED) is 0.614. The van der Waals surface area contributed by atoms with Crippen LogP contribution in [0.15, 0.2) is 0 Å². The molecule has 0 aromatic heterocycles. The van der Waals surface area contributed by atoms with Crippen molar-refractivity contribution >= 4 is 0 Å². The molecule has 1 aliphatic heterocycles. The van der Waals surface area contributed by atoms with Gasteiger partial charge in [-0.1, -0.05) is 13.8 Å². The maximum atomic E-state index is 3.87. The van der Waals surface area contributed by atoms with Gasteiger partial charge in [-0.25, -0.2) is 0 Å². The van der Waals surface area contributed by atoms with Crippen LogP contribution in [0.4, 0.5) is 0 Å². The molecule has 0 aliphatic carbocycles. The third kappa shape index (κ3) is 8.74. The standard InChI is InChI=1S/C7H14N.C3H7.W/c1-7-3-5-8(2)6-4-7;1-3-2;/h7H,2-6H2,1H3;1,3H2,2H3;/q2*-1;+2. The first-order chi connectivity index (χ1) is 5.20. The second-order valence-electron chi connectivity index (χ2n) is 3.30. The zero-order valence-electron chi connectivity index (χ0n) is 8.38. The molecule has 1 aliphatic rings. The van der Waals surface area contributed by atoms with Crippen LogP contribution >= 0.6 is 0 Å². The van der Waals surface area contributed by atoms with Crippen molar-refractivity contribution < 1.29 is 21.1 Å². The fourth-order valence-corrected chi connectivity index (χ4v) is 1.06. The van der Waals surface area contributed by atoms with Crippen molar-refractivity contribution in [2.45, 2.75) is 33.1 Å². The van der Waals surface area contributed by atoms with Gasteiger partial charge in [-0.3, -0.25) is 7.05 Å². The Bertz CT molecular complexity index is 67.9. The zero-order chi connectivity index (χ0) is 8.69. The van der Waals surface area contributed by atoms with Crippen LogP contribution < -0.4 is 0 Å². The smallest absolute Gasteiger partial charge is 0.459 e. The molecule has 0 bridgehead atoms. The second kappa shape index (κ2) is 9.73. The van der Waals surface area contributed by atoms with Gasteiger partial charge in [0.1, 0.15) is 0 Å². The van der Waals surface area contributed by atoms with Gasteiger partial charge in [-0.15, -0.1) is 0 Å². The number of nitrogens with zero attached hydrogens (tertiary/aromatic N) is 1. The molecule has 2 heteroatoms. The summed E-state index contributed by atoms with van der Waals surface area (Å²) >= 11 is 0. The summed E-state index contributed by atoms with van der Waals surface area (Å²) in [6.45, 7) is 10.2. The van der Waals surface area contributed by atoms with Crippen molar-refractivity contribution in [2.24, 2.45) is 5.92 Å². The van der Waals surface area contributed by atoms with Gasteiger partial charge in [0.15, 0.2) is 0 Å². The Morgan fingerprint density at radius 1 is 1.33 bits per heavy atom. The average molecular weight is 339 g/mol. The first-order valence-corrected chi connectivity index (χ1v) is 4.55. The molecule has 0 saturated carbocycles. The van der Waals surface area contributed by atoms with E-state index >= 15 is 0 Å². The number of piperidine rings is 1. The fourth-order valence-electron chi connectivity index (χ4n) is 1.06. The topological polar surface area (TPSA) is 3.24 Å². The minimum Gasteiger partial charge on any atom is -0.459 e. The van der Waals surface area contributed by atoms with Crippen LogP contribution in [0.2, 0.25) is 0 Å². The first kappa shape index (κ1) is 15.1. The maximum absolute atomic E-state index is 3.87. The molecular formula is C10H21NW. The summed E-state index contributed by atoms with van der Waals surface area (Å²) < 4.78 is 0. The van der Waals surface area contributed by atoms with Crippen molar-refractivity contribution in [1.82, 2.24) is 4.90 Å². The molecule has 0 radical (unpaired) electrons. The third-order valence-electron chi connectivity index (χ3n) is 1.88. The van der Waals surface area contributed by atoms with E-state index in [2.05, 4.69) is 25.8 Å². The predicted octanol–water partition coefficient (Wildman–Crippen LogP) is 2.74. The number of hydrogen-bond acceptors (Lipinski definition) is 1. The maximum Gasteiger partial charge on any atom is 2.00 e. The van der Waals surface area contributed by atoms with Crippen LogP contribution in [0.1, 0.15) is 33.1 Å². The molecular weight excluding hydrogens is 318 g/mol. The molecule has 0 unspecified atom stereocenters. The van der Waals surface area contributed by atoms with Gasteiger partial charge in [0.05, 0.1) is 0 Å². The van der Waals surface area contributed by atoms with Gasteiger partial charge in [-0.05, 0) is 31.8 Å². The Balaban J connectivity index is 0. The van der Waals surface area contributed by atoms with Crippen LogP contribution in [-0.4, -0.2) is 18.0 Å². The van der Waals surface area contributed by atoms with Crippen molar-refractivity contribution in [3.8, 4) is 0 Å². The van der Waals surface area contributed by atoms with Gasteiger partial charge in [0.25, 0.3) is 0 Å². The van der Waals surface area contributed by atoms with Gasteiger partial charge >= 0.3 is 21.1 Å². The van der Waals surface area contributed by atoms with Crippen LogP contribution in [0.5, 0.6) is 0 Å². The molecule has 0 aromatic carbocycles. The zero-order valence-corrected chi connectivity index (χ0v) is 11.3. The van der Waals surface area contributed by atoms with E-state index in [1.165, 1.54) is 25.9 Å². The van der Waals surface area contributed by atoms with E-state index in [0.29, 0.717) is 0 Å². The Morgan fingerprint density at radius 2 is 1.67 bits per heavy atom. The monoisotopic (exact) mass is 339 g/mol. The van der Waals surface area contributed by atoms with Crippen molar-refractivity contribution in [2.75, 3.05) is 13.1 Å². The summed E-state index contributed by atoms with van der Waals surface area (Å²) in [5.41, 5.74) is 0. The van der Waals surface area contributed by atoms with Crippen LogP contribution in [0, 0.1) is 19.9 Å². The van der Waals surface area contributed by atoms with Crippen LogP contribution in [0.25, 0.3) is 0 Å². The SMILES string of the molecule is [CH2-]CC.[CH2-]N1CCC(C)CC1.[W+2]. The molecule has 1 fully saturated rings. The van der Waals surface area contributed by atoms with E-state index in [4.69, 9.17) is 0 Å². The van der Waals surface area contributed by atoms with E-state index in [-0.39, 0.29) is 21.1 Å². The van der Waals surface area contributed by atoms with Gasteiger partial charge in [-0.2, -0.15) is 6.42 Å². The molecule has 1 saturated heterocycles. The third-order valence-corrected chi connectivity index (χ3v) is 1.88. The van der Waals surface area contributed by atoms with Gasteiger partial charge in [0.2, 0.25) is 0 Å². The minimum absolute atomic E-state index is 0. The molecule has 0 aromatic rings. The molecule has 0 spiro atoms. The fraction of sp³-hybridized carbons (Fsp3) is 0.800. The Morgan fingerprint density at radius 3 is 1.92 bits per heavy atom. The first-order valence-electron chi connectivity index (χ1n) is 4.55. The molecule has 1 heterocycles. The summed E-state index contributed by atoms with van der Waals surface area (Å²) in [5, 5.41) is 0.